The van der Waals surface area contributed by atoms with Gasteiger partial charge in [0.2, 0.25) is 5.56 Å². The summed E-state index contributed by atoms with van der Waals surface area (Å²) < 4.78 is 0. The summed E-state index contributed by atoms with van der Waals surface area (Å²) in [5.41, 5.74) is 1.07. The number of hydrogen-bond donors (Lipinski definition) is 1. The Morgan fingerprint density at radius 3 is 2.69 bits per heavy atom. The van der Waals surface area contributed by atoms with Gasteiger partial charge in [-0.15, -0.1) is 0 Å². The molecule has 1 aliphatic rings. The van der Waals surface area contributed by atoms with Crippen molar-refractivity contribution in [3.8, 4) is 0 Å². The summed E-state index contributed by atoms with van der Waals surface area (Å²) in [6, 6.07) is 2.96. The van der Waals surface area contributed by atoms with Gasteiger partial charge in [0, 0.05) is 24.8 Å². The molecule has 4 nitrogen and oxygen atoms in total. The van der Waals surface area contributed by atoms with E-state index in [1.165, 1.54) is 6.07 Å². The summed E-state index contributed by atoms with van der Waals surface area (Å²) in [7, 11) is 0. The Balaban J connectivity index is 2.39. The highest BCUT2D eigenvalue weighted by Gasteiger charge is 2.26. The molecule has 1 N–H and O–H groups in total. The Bertz CT molecular complexity index is 404. The van der Waals surface area contributed by atoms with Gasteiger partial charge in [0.25, 0.3) is 5.91 Å². The van der Waals surface area contributed by atoms with Crippen LogP contribution in [0.25, 0.3) is 0 Å². The van der Waals surface area contributed by atoms with Crippen molar-refractivity contribution in [2.24, 2.45) is 0 Å². The Labute approximate surface area is 75.2 Å². The Kier molecular flexibility index (Phi) is 1.69. The van der Waals surface area contributed by atoms with Crippen LogP contribution in [0.15, 0.2) is 16.9 Å². The molecule has 0 aliphatic carbocycles. The lowest BCUT2D eigenvalue weighted by Gasteiger charge is -2.03. The number of aromatic amines is 1. The molecule has 0 unspecified atom stereocenters. The lowest BCUT2D eigenvalue weighted by atomic mass is 10.2. The molecule has 1 aromatic heterocycles. The Morgan fingerprint density at radius 2 is 2.15 bits per heavy atom. The van der Waals surface area contributed by atoms with E-state index in [-0.39, 0.29) is 11.5 Å². The van der Waals surface area contributed by atoms with Crippen LogP contribution in [0.4, 0.5) is 0 Å². The lowest BCUT2D eigenvalue weighted by Crippen LogP contribution is -2.16. The average molecular weight is 178 g/mol. The van der Waals surface area contributed by atoms with Crippen LogP contribution in [0.2, 0.25) is 0 Å². The standard InChI is InChI=1S/C9H10N2O2/c1-6-7(2-3-8(12)10-6)9(13)11-4-5-11/h2-3H,4-5H2,1H3,(H,10,12). The van der Waals surface area contributed by atoms with Crippen molar-refractivity contribution in [1.29, 1.82) is 0 Å². The Hall–Kier alpha value is -1.58. The molecule has 0 saturated carbocycles. The van der Waals surface area contributed by atoms with Gasteiger partial charge in [0.1, 0.15) is 0 Å². The van der Waals surface area contributed by atoms with Crippen molar-refractivity contribution in [2.75, 3.05) is 13.1 Å². The van der Waals surface area contributed by atoms with Crippen LogP contribution >= 0.6 is 0 Å². The van der Waals surface area contributed by atoms with Gasteiger partial charge < -0.3 is 9.88 Å². The van der Waals surface area contributed by atoms with E-state index in [2.05, 4.69) is 4.98 Å². The molecule has 13 heavy (non-hydrogen) atoms. The number of aromatic nitrogens is 1. The third kappa shape index (κ3) is 1.47. The fraction of sp³-hybridized carbons (Fsp3) is 0.333. The third-order valence-corrected chi connectivity index (χ3v) is 2.08. The number of H-pyrrole nitrogens is 1. The highest BCUT2D eigenvalue weighted by atomic mass is 16.2. The van der Waals surface area contributed by atoms with E-state index >= 15 is 0 Å². The van der Waals surface area contributed by atoms with Gasteiger partial charge in [-0.3, -0.25) is 9.59 Å². The predicted octanol–water partition coefficient (Wildman–Crippen LogP) is 0.139. The van der Waals surface area contributed by atoms with Crippen LogP contribution < -0.4 is 5.56 Å². The normalized spacial score (nSPS) is 14.4. The zero-order chi connectivity index (χ0) is 9.42. The minimum absolute atomic E-state index is 0.00810. The topological polar surface area (TPSA) is 52.9 Å². The van der Waals surface area contributed by atoms with Crippen LogP contribution in [0, 0.1) is 6.92 Å². The molecule has 0 radical (unpaired) electrons. The molecule has 1 aromatic rings. The van der Waals surface area contributed by atoms with E-state index in [1.807, 2.05) is 0 Å². The second-order valence-electron chi connectivity index (χ2n) is 3.15. The molecule has 0 aromatic carbocycles. The minimum Gasteiger partial charge on any atom is -0.335 e. The molecule has 1 fully saturated rings. The monoisotopic (exact) mass is 178 g/mol. The molecule has 0 atom stereocenters. The van der Waals surface area contributed by atoms with Crippen LogP contribution in [-0.4, -0.2) is 28.9 Å². The molecular weight excluding hydrogens is 168 g/mol. The second kappa shape index (κ2) is 2.73. The van der Waals surface area contributed by atoms with E-state index in [9.17, 15) is 9.59 Å². The molecule has 0 spiro atoms. The summed E-state index contributed by atoms with van der Waals surface area (Å²) >= 11 is 0. The first-order valence-corrected chi connectivity index (χ1v) is 4.17. The van der Waals surface area contributed by atoms with Gasteiger partial charge >= 0.3 is 0 Å². The van der Waals surface area contributed by atoms with Crippen LogP contribution in [0.1, 0.15) is 16.1 Å². The molecule has 4 heteroatoms. The van der Waals surface area contributed by atoms with Gasteiger partial charge in [0.15, 0.2) is 0 Å². The van der Waals surface area contributed by atoms with Gasteiger partial charge in [0.05, 0.1) is 5.56 Å². The summed E-state index contributed by atoms with van der Waals surface area (Å²) in [5.74, 6) is 0.00810. The van der Waals surface area contributed by atoms with Crippen molar-refractivity contribution in [3.05, 3.63) is 33.7 Å². The van der Waals surface area contributed by atoms with Crippen molar-refractivity contribution in [2.45, 2.75) is 6.92 Å². The van der Waals surface area contributed by atoms with Crippen molar-refractivity contribution in [1.82, 2.24) is 9.88 Å². The van der Waals surface area contributed by atoms with Crippen LogP contribution in [0.3, 0.4) is 0 Å². The summed E-state index contributed by atoms with van der Waals surface area (Å²) in [4.78, 5) is 26.7. The lowest BCUT2D eigenvalue weighted by molar-refractivity contribution is 0.0884. The van der Waals surface area contributed by atoms with Crippen molar-refractivity contribution >= 4 is 5.91 Å². The minimum atomic E-state index is -0.167. The maximum absolute atomic E-state index is 11.5. The zero-order valence-corrected chi connectivity index (χ0v) is 7.33. The molecular formula is C9H10N2O2. The van der Waals surface area contributed by atoms with Crippen molar-refractivity contribution in [3.63, 3.8) is 0 Å². The number of nitrogens with zero attached hydrogens (tertiary/aromatic N) is 1. The van der Waals surface area contributed by atoms with Crippen LogP contribution in [-0.2, 0) is 0 Å². The molecule has 1 amide bonds. The number of amides is 1. The average Bonchev–Trinajstić information content (AvgIpc) is 2.85. The highest BCUT2D eigenvalue weighted by molar-refractivity contribution is 5.96. The fourth-order valence-electron chi connectivity index (χ4n) is 1.23. The van der Waals surface area contributed by atoms with Gasteiger partial charge in [-0.05, 0) is 13.0 Å². The van der Waals surface area contributed by atoms with Crippen molar-refractivity contribution < 1.29 is 4.79 Å². The fourth-order valence-corrected chi connectivity index (χ4v) is 1.23. The van der Waals surface area contributed by atoms with Crippen LogP contribution in [0.5, 0.6) is 0 Å². The number of nitrogens with one attached hydrogen (secondary N) is 1. The smallest absolute Gasteiger partial charge is 0.255 e. The molecule has 2 heterocycles. The maximum Gasteiger partial charge on any atom is 0.255 e. The molecule has 68 valence electrons. The highest BCUT2D eigenvalue weighted by Crippen LogP contribution is 2.12. The first kappa shape index (κ1) is 8.04. The number of rotatable bonds is 1. The molecule has 2 rings (SSSR count). The predicted molar refractivity (Wildman–Crippen MR) is 47.7 cm³/mol. The third-order valence-electron chi connectivity index (χ3n) is 2.08. The summed E-state index contributed by atoms with van der Waals surface area (Å²) in [5, 5.41) is 0. The number of pyridine rings is 1. The molecule has 0 bridgehead atoms. The second-order valence-corrected chi connectivity index (χ2v) is 3.15. The Morgan fingerprint density at radius 1 is 1.46 bits per heavy atom. The van der Waals surface area contributed by atoms with Gasteiger partial charge in [-0.25, -0.2) is 0 Å². The maximum atomic E-state index is 11.5. The molecule has 1 aliphatic heterocycles. The first-order chi connectivity index (χ1) is 6.18. The summed E-state index contributed by atoms with van der Waals surface area (Å²) in [6.07, 6.45) is 0. The SMILES string of the molecule is Cc1[nH]c(=O)ccc1C(=O)N1CC1. The van der Waals surface area contributed by atoms with E-state index in [4.69, 9.17) is 0 Å². The number of carbonyl (C=O) groups is 1. The van der Waals surface area contributed by atoms with Gasteiger partial charge in [-0.1, -0.05) is 0 Å². The van der Waals surface area contributed by atoms with Gasteiger partial charge in [-0.2, -0.15) is 0 Å². The number of carbonyl (C=O) groups excluding carboxylic acids is 1. The van der Waals surface area contributed by atoms with E-state index in [0.717, 1.165) is 13.1 Å². The van der Waals surface area contributed by atoms with E-state index in [0.29, 0.717) is 11.3 Å². The largest absolute Gasteiger partial charge is 0.335 e. The van der Waals surface area contributed by atoms with E-state index < -0.39 is 0 Å². The summed E-state index contributed by atoms with van der Waals surface area (Å²) in [6.45, 7) is 3.40. The zero-order valence-electron chi connectivity index (χ0n) is 7.33. The number of hydrogen-bond acceptors (Lipinski definition) is 2. The molecule has 1 saturated heterocycles. The number of aryl methyl sites for hydroxylation is 1. The van der Waals surface area contributed by atoms with E-state index in [1.54, 1.807) is 17.9 Å². The first-order valence-electron chi connectivity index (χ1n) is 4.17. The quantitative estimate of drug-likeness (QED) is 0.622.